The molecule has 0 N–H and O–H groups in total. The van der Waals surface area contributed by atoms with Crippen LogP contribution in [0.2, 0.25) is 0 Å². The van der Waals surface area contributed by atoms with Crippen LogP contribution in [0, 0.1) is 20.2 Å². The number of hydrazine groups is 2. The number of pyridine rings is 1. The van der Waals surface area contributed by atoms with E-state index in [1.807, 2.05) is 42.5 Å². The molecule has 11 nitrogen and oxygen atoms in total. The highest BCUT2D eigenvalue weighted by Gasteiger charge is 2.24. The van der Waals surface area contributed by atoms with Crippen LogP contribution < -0.4 is 10.0 Å². The van der Waals surface area contributed by atoms with E-state index in [-0.39, 0.29) is 11.4 Å². The molecule has 0 aliphatic heterocycles. The van der Waals surface area contributed by atoms with Gasteiger partial charge in [0.05, 0.1) is 11.4 Å². The quantitative estimate of drug-likeness (QED) is 0.246. The van der Waals surface area contributed by atoms with Crippen molar-refractivity contribution < 1.29 is 19.7 Å². The highest BCUT2D eigenvalue weighted by atomic mass is 16.7. The van der Waals surface area contributed by atoms with E-state index in [0.29, 0.717) is 32.5 Å². The van der Waals surface area contributed by atoms with Crippen molar-refractivity contribution in [2.45, 2.75) is 13.8 Å². The first-order chi connectivity index (χ1) is 18.2. The highest BCUT2D eigenvalue weighted by molar-refractivity contribution is 5.90. The van der Waals surface area contributed by atoms with E-state index in [0.717, 1.165) is 25.0 Å². The van der Waals surface area contributed by atoms with Gasteiger partial charge in [0, 0.05) is 25.0 Å². The zero-order valence-electron chi connectivity index (χ0n) is 20.3. The molecule has 0 bridgehead atoms. The molecule has 0 radical (unpaired) electrons. The van der Waals surface area contributed by atoms with Crippen LogP contribution >= 0.6 is 0 Å². The van der Waals surface area contributed by atoms with Crippen molar-refractivity contribution in [3.8, 4) is 33.6 Å². The second-order valence-corrected chi connectivity index (χ2v) is 8.22. The van der Waals surface area contributed by atoms with E-state index < -0.39 is 21.9 Å². The second-order valence-electron chi connectivity index (χ2n) is 8.22. The Morgan fingerprint density at radius 3 is 1.34 bits per heavy atom. The fraction of sp³-hybridized carbons (Fsp3) is 0.0741. The van der Waals surface area contributed by atoms with Gasteiger partial charge in [-0.25, -0.2) is 25.2 Å². The molecule has 0 spiro atoms. The van der Waals surface area contributed by atoms with Crippen LogP contribution in [0.4, 0.5) is 11.4 Å². The number of aromatic nitrogens is 1. The molecule has 0 unspecified atom stereocenters. The summed E-state index contributed by atoms with van der Waals surface area (Å²) in [6.45, 7) is 2.22. The van der Waals surface area contributed by atoms with Crippen molar-refractivity contribution in [1.29, 1.82) is 0 Å². The fourth-order valence-electron chi connectivity index (χ4n) is 3.95. The molecule has 190 valence electrons. The Bertz CT molecular complexity index is 1400. The number of rotatable bonds is 7. The Morgan fingerprint density at radius 1 is 0.605 bits per heavy atom. The molecule has 1 heterocycles. The van der Waals surface area contributed by atoms with Gasteiger partial charge >= 0.3 is 0 Å². The van der Waals surface area contributed by atoms with E-state index >= 15 is 0 Å². The van der Waals surface area contributed by atoms with Gasteiger partial charge in [0.15, 0.2) is 10.1 Å². The molecule has 0 saturated carbocycles. The Morgan fingerprint density at radius 2 is 1.00 bits per heavy atom. The number of benzene rings is 3. The molecular formula is C27H21N5O6. The number of amides is 2. The van der Waals surface area contributed by atoms with Crippen LogP contribution in [-0.4, -0.2) is 26.9 Å². The highest BCUT2D eigenvalue weighted by Crippen LogP contribution is 2.32. The van der Waals surface area contributed by atoms with Crippen molar-refractivity contribution in [3.63, 3.8) is 0 Å². The first-order valence-corrected chi connectivity index (χ1v) is 11.3. The lowest BCUT2D eigenvalue weighted by Crippen LogP contribution is -2.34. The predicted octanol–water partition coefficient (Wildman–Crippen LogP) is 5.17. The van der Waals surface area contributed by atoms with Gasteiger partial charge in [-0.05, 0) is 57.5 Å². The van der Waals surface area contributed by atoms with E-state index in [1.54, 1.807) is 24.3 Å². The smallest absolute Gasteiger partial charge is 0.269 e. The summed E-state index contributed by atoms with van der Waals surface area (Å²) >= 11 is 0. The summed E-state index contributed by atoms with van der Waals surface area (Å²) in [5, 5.41) is 21.9. The van der Waals surface area contributed by atoms with Gasteiger partial charge in [0.25, 0.3) is 11.8 Å². The summed E-state index contributed by atoms with van der Waals surface area (Å²) in [4.78, 5) is 50.7. The first-order valence-electron chi connectivity index (χ1n) is 11.3. The van der Waals surface area contributed by atoms with E-state index in [1.165, 1.54) is 24.3 Å². The molecule has 1 aromatic heterocycles. The minimum absolute atomic E-state index is 0.113. The SMILES string of the molecule is CC(=O)N(c1ccc(-c2cc(-c3ccccc3)cc(-c3ccc(N(C(C)=O)[N+](=O)[O-])cc3)n2)cc1)[N+](=O)[O-]. The summed E-state index contributed by atoms with van der Waals surface area (Å²) in [5.74, 6) is -1.45. The number of anilines is 2. The zero-order chi connectivity index (χ0) is 27.4. The molecule has 2 amide bonds. The molecule has 11 heteroatoms. The maximum atomic E-state index is 11.7. The van der Waals surface area contributed by atoms with Crippen LogP contribution in [0.1, 0.15) is 13.8 Å². The van der Waals surface area contributed by atoms with Crippen LogP contribution in [0.25, 0.3) is 33.6 Å². The molecular weight excluding hydrogens is 490 g/mol. The van der Waals surface area contributed by atoms with Crippen LogP contribution in [0.3, 0.4) is 0 Å². The van der Waals surface area contributed by atoms with Crippen molar-refractivity contribution in [3.05, 3.63) is 111 Å². The fourth-order valence-corrected chi connectivity index (χ4v) is 3.95. The normalized spacial score (nSPS) is 10.5. The average molecular weight is 511 g/mol. The molecule has 0 saturated heterocycles. The van der Waals surface area contributed by atoms with Crippen LogP contribution in [-0.2, 0) is 9.59 Å². The third kappa shape index (κ3) is 5.36. The van der Waals surface area contributed by atoms with Gasteiger partial charge in [-0.15, -0.1) is 0 Å². The number of nitrogens with zero attached hydrogens (tertiary/aromatic N) is 5. The molecule has 4 rings (SSSR count). The Balaban J connectivity index is 1.79. The summed E-state index contributed by atoms with van der Waals surface area (Å²) in [6.07, 6.45) is 0. The number of hydrogen-bond acceptors (Lipinski definition) is 7. The van der Waals surface area contributed by atoms with Gasteiger partial charge in [0.2, 0.25) is 0 Å². The second kappa shape index (κ2) is 10.7. The Hall–Kier alpha value is -5.45. The topological polar surface area (TPSA) is 140 Å². The number of hydrogen-bond donors (Lipinski definition) is 0. The first kappa shape index (κ1) is 25.6. The molecule has 0 fully saturated rings. The van der Waals surface area contributed by atoms with Crippen molar-refractivity contribution >= 4 is 23.2 Å². The van der Waals surface area contributed by atoms with Gasteiger partial charge in [-0.3, -0.25) is 9.59 Å². The summed E-state index contributed by atoms with van der Waals surface area (Å²) < 4.78 is 0. The van der Waals surface area contributed by atoms with E-state index in [4.69, 9.17) is 4.98 Å². The minimum atomic E-state index is -0.778. The van der Waals surface area contributed by atoms with Gasteiger partial charge in [0.1, 0.15) is 11.4 Å². The lowest BCUT2D eigenvalue weighted by molar-refractivity contribution is -0.483. The number of carbonyl (C=O) groups is 2. The summed E-state index contributed by atoms with van der Waals surface area (Å²) in [7, 11) is 0. The molecule has 0 aliphatic carbocycles. The van der Waals surface area contributed by atoms with E-state index in [2.05, 4.69) is 0 Å². The third-order valence-corrected chi connectivity index (χ3v) is 5.67. The van der Waals surface area contributed by atoms with Crippen LogP contribution in [0.5, 0.6) is 0 Å². The summed E-state index contributed by atoms with van der Waals surface area (Å²) in [6, 6.07) is 25.8. The molecule has 38 heavy (non-hydrogen) atoms. The zero-order valence-corrected chi connectivity index (χ0v) is 20.3. The monoisotopic (exact) mass is 511 g/mol. The number of carbonyl (C=O) groups excluding carboxylic acids is 2. The van der Waals surface area contributed by atoms with Gasteiger partial charge in [-0.1, -0.05) is 54.6 Å². The molecule has 3 aromatic carbocycles. The average Bonchev–Trinajstić information content (AvgIpc) is 2.89. The van der Waals surface area contributed by atoms with Gasteiger partial charge < -0.3 is 0 Å². The molecule has 0 aliphatic rings. The minimum Gasteiger partial charge on any atom is -0.269 e. The molecule has 0 atom stereocenters. The number of nitro groups is 2. The van der Waals surface area contributed by atoms with E-state index in [9.17, 15) is 29.8 Å². The van der Waals surface area contributed by atoms with Crippen molar-refractivity contribution in [2.75, 3.05) is 10.0 Å². The maximum Gasteiger partial charge on any atom is 0.286 e. The van der Waals surface area contributed by atoms with Crippen molar-refractivity contribution in [1.82, 2.24) is 4.98 Å². The lowest BCUT2D eigenvalue weighted by Gasteiger charge is -2.13. The third-order valence-electron chi connectivity index (χ3n) is 5.67. The largest absolute Gasteiger partial charge is 0.286 e. The summed E-state index contributed by atoms with van der Waals surface area (Å²) in [5.41, 5.74) is 4.47. The lowest BCUT2D eigenvalue weighted by atomic mass is 10.00. The standard InChI is InChI=1S/C27H21N5O6/c1-18(33)29(31(35)36)24-12-8-21(9-13-24)26-16-23(20-6-4-3-5-7-20)17-27(28-26)22-10-14-25(15-11-22)30(19(2)34)32(37)38/h3-17H,1-2H3. The Kier molecular flexibility index (Phi) is 7.19. The molecule has 4 aromatic rings. The van der Waals surface area contributed by atoms with Crippen LogP contribution in [0.15, 0.2) is 91.0 Å². The maximum absolute atomic E-state index is 11.7. The van der Waals surface area contributed by atoms with Crippen molar-refractivity contribution in [2.24, 2.45) is 0 Å². The van der Waals surface area contributed by atoms with Gasteiger partial charge in [-0.2, -0.15) is 0 Å². The predicted molar refractivity (Wildman–Crippen MR) is 141 cm³/mol. The Labute approximate surface area is 216 Å².